The third kappa shape index (κ3) is 4.29. The third-order valence-electron chi connectivity index (χ3n) is 1.06. The van der Waals surface area contributed by atoms with Gasteiger partial charge in [0, 0.05) is 6.54 Å². The quantitative estimate of drug-likeness (QED) is 0.432. The van der Waals surface area contributed by atoms with Crippen LogP contribution in [0.4, 0.5) is 0 Å². The summed E-state index contributed by atoms with van der Waals surface area (Å²) in [7, 11) is 0. The Hall–Kier alpha value is -0.610. The summed E-state index contributed by atoms with van der Waals surface area (Å²) < 4.78 is 0. The van der Waals surface area contributed by atoms with Crippen molar-refractivity contribution in [1.82, 2.24) is 5.48 Å². The third-order valence-corrected chi connectivity index (χ3v) is 1.06. The van der Waals surface area contributed by atoms with Crippen LogP contribution < -0.4 is 5.48 Å². The fraction of sp³-hybridized carbons (Fsp3) is 0.833. The normalized spacial score (nSPS) is 13.0. The molecule has 2 N–H and O–H groups in total. The molecule has 0 rings (SSSR count). The van der Waals surface area contributed by atoms with Crippen molar-refractivity contribution in [3.8, 4) is 0 Å². The van der Waals surface area contributed by atoms with E-state index in [1.165, 1.54) is 0 Å². The molecular formula is C6H13NO3. The standard InChI is InChI=1S/C6H13NO3/c1-3-10-7-4-5(2)6(8)9/h5,7H,3-4H2,1-2H3,(H,8,9). The van der Waals surface area contributed by atoms with Gasteiger partial charge < -0.3 is 9.94 Å². The molecule has 4 heteroatoms. The number of rotatable bonds is 5. The van der Waals surface area contributed by atoms with Crippen molar-refractivity contribution >= 4 is 5.97 Å². The van der Waals surface area contributed by atoms with Gasteiger partial charge in [0.25, 0.3) is 0 Å². The lowest BCUT2D eigenvalue weighted by Gasteiger charge is -2.06. The molecule has 4 nitrogen and oxygen atoms in total. The molecule has 0 amide bonds. The summed E-state index contributed by atoms with van der Waals surface area (Å²) in [6.07, 6.45) is 0. The second-order valence-electron chi connectivity index (χ2n) is 2.02. The summed E-state index contributed by atoms with van der Waals surface area (Å²) >= 11 is 0. The molecule has 0 aromatic rings. The van der Waals surface area contributed by atoms with E-state index < -0.39 is 11.9 Å². The van der Waals surface area contributed by atoms with Gasteiger partial charge in [0.05, 0.1) is 12.5 Å². The Morgan fingerprint density at radius 3 is 2.80 bits per heavy atom. The molecule has 0 saturated carbocycles. The van der Waals surface area contributed by atoms with E-state index in [1.54, 1.807) is 6.92 Å². The molecule has 0 aliphatic carbocycles. The Morgan fingerprint density at radius 1 is 1.80 bits per heavy atom. The smallest absolute Gasteiger partial charge is 0.307 e. The molecule has 0 aliphatic heterocycles. The van der Waals surface area contributed by atoms with Crippen LogP contribution in [0.2, 0.25) is 0 Å². The SMILES string of the molecule is CCONCC(C)C(=O)O. The zero-order valence-corrected chi connectivity index (χ0v) is 6.26. The number of hydrogen-bond acceptors (Lipinski definition) is 3. The van der Waals surface area contributed by atoms with Crippen LogP contribution in [0, 0.1) is 5.92 Å². The first-order valence-electron chi connectivity index (χ1n) is 3.26. The number of hydrogen-bond donors (Lipinski definition) is 2. The Bertz CT molecular complexity index is 105. The van der Waals surface area contributed by atoms with Crippen LogP contribution in [0.1, 0.15) is 13.8 Å². The van der Waals surface area contributed by atoms with Crippen molar-refractivity contribution in [3.05, 3.63) is 0 Å². The van der Waals surface area contributed by atoms with Gasteiger partial charge in [0.15, 0.2) is 0 Å². The molecule has 0 saturated heterocycles. The Labute approximate surface area is 60.1 Å². The molecule has 0 radical (unpaired) electrons. The number of carbonyl (C=O) groups is 1. The summed E-state index contributed by atoms with van der Waals surface area (Å²) in [5.74, 6) is -1.21. The van der Waals surface area contributed by atoms with Crippen molar-refractivity contribution in [2.75, 3.05) is 13.2 Å². The molecule has 0 spiro atoms. The van der Waals surface area contributed by atoms with E-state index in [-0.39, 0.29) is 0 Å². The van der Waals surface area contributed by atoms with Crippen LogP contribution in [0.25, 0.3) is 0 Å². The zero-order valence-electron chi connectivity index (χ0n) is 6.26. The van der Waals surface area contributed by atoms with Gasteiger partial charge >= 0.3 is 5.97 Å². The van der Waals surface area contributed by atoms with Crippen LogP contribution in [-0.2, 0) is 9.63 Å². The average molecular weight is 147 g/mol. The van der Waals surface area contributed by atoms with E-state index in [2.05, 4.69) is 5.48 Å². The molecule has 0 aliphatic rings. The highest BCUT2D eigenvalue weighted by Crippen LogP contribution is 1.90. The molecule has 1 unspecified atom stereocenters. The Kier molecular flexibility index (Phi) is 4.88. The molecule has 1 atom stereocenters. The van der Waals surface area contributed by atoms with Crippen molar-refractivity contribution in [2.24, 2.45) is 5.92 Å². The lowest BCUT2D eigenvalue weighted by Crippen LogP contribution is -2.26. The van der Waals surface area contributed by atoms with E-state index in [9.17, 15) is 4.79 Å². The molecular weight excluding hydrogens is 134 g/mol. The van der Waals surface area contributed by atoms with Crippen molar-refractivity contribution < 1.29 is 14.7 Å². The highest BCUT2D eigenvalue weighted by molar-refractivity contribution is 5.69. The first-order valence-corrected chi connectivity index (χ1v) is 3.26. The molecule has 0 heterocycles. The first-order chi connectivity index (χ1) is 4.68. The number of aliphatic carboxylic acids is 1. The molecule has 0 aromatic carbocycles. The van der Waals surface area contributed by atoms with Gasteiger partial charge in [-0.05, 0) is 6.92 Å². The number of carboxylic acid groups (broad SMARTS) is 1. The topological polar surface area (TPSA) is 58.6 Å². The summed E-state index contributed by atoms with van der Waals surface area (Å²) in [6, 6.07) is 0. The summed E-state index contributed by atoms with van der Waals surface area (Å²) in [4.78, 5) is 14.9. The highest BCUT2D eigenvalue weighted by Gasteiger charge is 2.08. The van der Waals surface area contributed by atoms with Gasteiger partial charge in [-0.15, -0.1) is 0 Å². The van der Waals surface area contributed by atoms with Crippen LogP contribution >= 0.6 is 0 Å². The maximum Gasteiger partial charge on any atom is 0.307 e. The summed E-state index contributed by atoms with van der Waals surface area (Å²) in [5, 5.41) is 8.39. The highest BCUT2D eigenvalue weighted by atomic mass is 16.6. The monoisotopic (exact) mass is 147 g/mol. The minimum atomic E-state index is -0.813. The number of hydroxylamine groups is 1. The maximum atomic E-state index is 10.2. The molecule has 0 aromatic heterocycles. The van der Waals surface area contributed by atoms with Crippen molar-refractivity contribution in [3.63, 3.8) is 0 Å². The van der Waals surface area contributed by atoms with Gasteiger partial charge in [-0.1, -0.05) is 6.92 Å². The van der Waals surface area contributed by atoms with Crippen LogP contribution in [0.3, 0.4) is 0 Å². The number of nitrogens with one attached hydrogen (secondary N) is 1. The molecule has 0 fully saturated rings. The lowest BCUT2D eigenvalue weighted by molar-refractivity contribution is -0.141. The predicted octanol–water partition coefficient (Wildman–Crippen LogP) is 0.248. The fourth-order valence-corrected chi connectivity index (χ4v) is 0.373. The Balaban J connectivity index is 3.21. The van der Waals surface area contributed by atoms with Crippen LogP contribution in [0.5, 0.6) is 0 Å². The maximum absolute atomic E-state index is 10.2. The van der Waals surface area contributed by atoms with E-state index in [0.29, 0.717) is 13.2 Å². The lowest BCUT2D eigenvalue weighted by atomic mass is 10.2. The van der Waals surface area contributed by atoms with Gasteiger partial charge in [0.2, 0.25) is 0 Å². The van der Waals surface area contributed by atoms with E-state index in [0.717, 1.165) is 0 Å². The zero-order chi connectivity index (χ0) is 7.98. The summed E-state index contributed by atoms with van der Waals surface area (Å²) in [5.41, 5.74) is 2.54. The van der Waals surface area contributed by atoms with Gasteiger partial charge in [-0.25, -0.2) is 5.48 Å². The van der Waals surface area contributed by atoms with E-state index in [4.69, 9.17) is 9.94 Å². The molecule has 60 valence electrons. The van der Waals surface area contributed by atoms with Crippen molar-refractivity contribution in [2.45, 2.75) is 13.8 Å². The second kappa shape index (κ2) is 5.20. The molecule has 0 bridgehead atoms. The van der Waals surface area contributed by atoms with Crippen LogP contribution in [-0.4, -0.2) is 24.2 Å². The summed E-state index contributed by atoms with van der Waals surface area (Å²) in [6.45, 7) is 4.35. The van der Waals surface area contributed by atoms with Gasteiger partial charge in [-0.2, -0.15) is 0 Å². The Morgan fingerprint density at radius 2 is 2.40 bits per heavy atom. The van der Waals surface area contributed by atoms with E-state index in [1.807, 2.05) is 6.92 Å². The minimum Gasteiger partial charge on any atom is -0.481 e. The molecule has 10 heavy (non-hydrogen) atoms. The van der Waals surface area contributed by atoms with E-state index >= 15 is 0 Å². The van der Waals surface area contributed by atoms with Gasteiger partial charge in [-0.3, -0.25) is 4.79 Å². The average Bonchev–Trinajstić information content (AvgIpc) is 1.88. The number of carboxylic acids is 1. The largest absolute Gasteiger partial charge is 0.481 e. The van der Waals surface area contributed by atoms with Crippen LogP contribution in [0.15, 0.2) is 0 Å². The van der Waals surface area contributed by atoms with Gasteiger partial charge in [0.1, 0.15) is 0 Å². The fourth-order valence-electron chi connectivity index (χ4n) is 0.373. The minimum absolute atomic E-state index is 0.350. The first kappa shape index (κ1) is 9.39. The second-order valence-corrected chi connectivity index (χ2v) is 2.02. The van der Waals surface area contributed by atoms with Crippen molar-refractivity contribution in [1.29, 1.82) is 0 Å². The predicted molar refractivity (Wildman–Crippen MR) is 36.4 cm³/mol.